The monoisotopic (exact) mass is 344 g/mol. The van der Waals surface area contributed by atoms with Gasteiger partial charge in [-0.1, -0.05) is 25.5 Å². The van der Waals surface area contributed by atoms with Crippen molar-refractivity contribution in [2.75, 3.05) is 13.2 Å². The molecule has 3 heteroatoms. The van der Waals surface area contributed by atoms with Crippen LogP contribution in [-0.2, 0) is 9.47 Å². The largest absolute Gasteiger partial charge is 0.389 e. The van der Waals surface area contributed by atoms with Gasteiger partial charge in [-0.05, 0) is 67.9 Å². The summed E-state index contributed by atoms with van der Waals surface area (Å²) in [6.45, 7) is 6.03. The summed E-state index contributed by atoms with van der Waals surface area (Å²) in [6, 6.07) is 0. The van der Waals surface area contributed by atoms with Crippen LogP contribution in [0.4, 0.5) is 0 Å². The molecule has 1 saturated carbocycles. The molecule has 3 nitrogen and oxygen atoms in total. The van der Waals surface area contributed by atoms with Gasteiger partial charge in [0.15, 0.2) is 5.79 Å². The van der Waals surface area contributed by atoms with Crippen molar-refractivity contribution in [2.24, 2.45) is 17.3 Å². The summed E-state index contributed by atoms with van der Waals surface area (Å²) in [6.07, 6.45) is 12.2. The maximum Gasteiger partial charge on any atom is 0.172 e. The zero-order valence-corrected chi connectivity index (χ0v) is 15.8. The van der Waals surface area contributed by atoms with E-state index in [0.29, 0.717) is 11.8 Å². The molecule has 5 rings (SSSR count). The average Bonchev–Trinajstić information content (AvgIpc) is 3.18. The average molecular weight is 344 g/mol. The van der Waals surface area contributed by atoms with Crippen LogP contribution in [-0.4, -0.2) is 29.7 Å². The zero-order valence-electron chi connectivity index (χ0n) is 15.8. The predicted octanol–water partition coefficient (Wildman–Crippen LogP) is 4.51. The van der Waals surface area contributed by atoms with Crippen LogP contribution >= 0.6 is 0 Å². The number of ether oxygens (including phenoxy) is 2. The van der Waals surface area contributed by atoms with Gasteiger partial charge in [-0.25, -0.2) is 0 Å². The fourth-order valence-electron chi connectivity index (χ4n) is 6.98. The van der Waals surface area contributed by atoms with Crippen molar-refractivity contribution >= 4 is 0 Å². The smallest absolute Gasteiger partial charge is 0.172 e. The van der Waals surface area contributed by atoms with Crippen LogP contribution in [0, 0.1) is 17.3 Å². The van der Waals surface area contributed by atoms with Crippen LogP contribution in [0.5, 0.6) is 0 Å². The van der Waals surface area contributed by atoms with Gasteiger partial charge in [0, 0.05) is 18.3 Å². The minimum absolute atomic E-state index is 0.0710. The van der Waals surface area contributed by atoms with Crippen LogP contribution in [0.2, 0.25) is 0 Å². The fraction of sp³-hybridized carbons (Fsp3) is 0.818. The summed E-state index contributed by atoms with van der Waals surface area (Å²) in [4.78, 5) is 0. The molecule has 1 saturated heterocycles. The molecule has 0 aromatic carbocycles. The lowest BCUT2D eigenvalue weighted by Gasteiger charge is -2.51. The summed E-state index contributed by atoms with van der Waals surface area (Å²) in [5.74, 6) is 1.02. The van der Waals surface area contributed by atoms with Gasteiger partial charge >= 0.3 is 0 Å². The van der Waals surface area contributed by atoms with Crippen LogP contribution in [0.15, 0.2) is 22.8 Å². The highest BCUT2D eigenvalue weighted by atomic mass is 16.7. The van der Waals surface area contributed by atoms with Gasteiger partial charge in [0.2, 0.25) is 0 Å². The van der Waals surface area contributed by atoms with Crippen molar-refractivity contribution in [2.45, 2.75) is 83.0 Å². The quantitative estimate of drug-likeness (QED) is 0.761. The molecule has 0 aromatic heterocycles. The molecule has 0 radical (unpaired) electrons. The zero-order chi connectivity index (χ0) is 17.3. The molecule has 25 heavy (non-hydrogen) atoms. The number of hydrogen-bond acceptors (Lipinski definition) is 3. The third kappa shape index (κ3) is 2.15. The van der Waals surface area contributed by atoms with Gasteiger partial charge in [0.1, 0.15) is 0 Å². The molecular weight excluding hydrogens is 312 g/mol. The molecular formula is C22H32O3. The second-order valence-corrected chi connectivity index (χ2v) is 9.32. The van der Waals surface area contributed by atoms with Gasteiger partial charge in [-0.3, -0.25) is 0 Å². The number of fused-ring (bicyclic) bond motifs is 4. The number of aliphatic hydroxyl groups is 1. The molecule has 1 spiro atoms. The van der Waals surface area contributed by atoms with Crippen LogP contribution in [0.25, 0.3) is 0 Å². The lowest BCUT2D eigenvalue weighted by Crippen LogP contribution is -2.48. The minimum Gasteiger partial charge on any atom is -0.389 e. The van der Waals surface area contributed by atoms with Crippen LogP contribution in [0.1, 0.15) is 71.6 Å². The molecule has 138 valence electrons. The maximum atomic E-state index is 11.2. The molecule has 2 fully saturated rings. The Hall–Kier alpha value is -0.640. The predicted molar refractivity (Wildman–Crippen MR) is 97.0 cm³/mol. The van der Waals surface area contributed by atoms with E-state index in [1.165, 1.54) is 19.3 Å². The van der Waals surface area contributed by atoms with E-state index in [1.807, 2.05) is 0 Å². The van der Waals surface area contributed by atoms with Crippen LogP contribution < -0.4 is 0 Å². The van der Waals surface area contributed by atoms with E-state index in [9.17, 15) is 5.11 Å². The first-order valence-electron chi connectivity index (χ1n) is 10.4. The second kappa shape index (κ2) is 5.43. The minimum atomic E-state index is -0.462. The summed E-state index contributed by atoms with van der Waals surface area (Å²) >= 11 is 0. The Bertz CT molecular complexity index is 642. The number of rotatable bonds is 1. The molecule has 4 aliphatic carbocycles. The van der Waals surface area contributed by atoms with Crippen LogP contribution in [0.3, 0.4) is 0 Å². The Balaban J connectivity index is 1.48. The van der Waals surface area contributed by atoms with E-state index in [4.69, 9.17) is 9.47 Å². The fourth-order valence-corrected chi connectivity index (χ4v) is 6.98. The Kier molecular flexibility index (Phi) is 3.59. The Morgan fingerprint density at radius 2 is 1.96 bits per heavy atom. The molecule has 1 heterocycles. The van der Waals surface area contributed by atoms with Gasteiger partial charge in [0.25, 0.3) is 0 Å². The highest BCUT2D eigenvalue weighted by Gasteiger charge is 2.59. The molecule has 5 aliphatic rings. The molecule has 0 bridgehead atoms. The molecule has 1 N–H and O–H groups in total. The van der Waals surface area contributed by atoms with Crippen molar-refractivity contribution in [3.8, 4) is 0 Å². The highest BCUT2D eigenvalue weighted by molar-refractivity contribution is 5.45. The molecule has 0 amide bonds. The topological polar surface area (TPSA) is 38.7 Å². The first-order chi connectivity index (χ1) is 12.0. The van der Waals surface area contributed by atoms with Crippen molar-refractivity contribution in [1.29, 1.82) is 0 Å². The second-order valence-electron chi connectivity index (χ2n) is 9.32. The van der Waals surface area contributed by atoms with E-state index >= 15 is 0 Å². The van der Waals surface area contributed by atoms with E-state index in [0.717, 1.165) is 51.7 Å². The number of allylic oxidation sites excluding steroid dienone is 3. The summed E-state index contributed by atoms with van der Waals surface area (Å²) in [5.41, 5.74) is 4.48. The lowest BCUT2D eigenvalue weighted by atomic mass is 9.56. The third-order valence-electron chi connectivity index (χ3n) is 8.55. The summed E-state index contributed by atoms with van der Waals surface area (Å²) < 4.78 is 12.0. The van der Waals surface area contributed by atoms with E-state index in [-0.39, 0.29) is 11.2 Å². The normalized spacial score (nSPS) is 45.2. The molecule has 0 unspecified atom stereocenters. The maximum absolute atomic E-state index is 11.2. The standard InChI is InChI=1S/C22H32O3/c1-3-21(23)10-8-19-18-5-4-15-14-22(24-12-13-25-22)11-7-16(15)17(18)6-9-20(19,21)2/h6,18-19,23H,3-5,7-14H2,1-2H3/t18-,19+,20+,21-/m1/s1. The molecule has 0 aromatic rings. The van der Waals surface area contributed by atoms with Gasteiger partial charge in [-0.15, -0.1) is 0 Å². The Morgan fingerprint density at radius 3 is 2.72 bits per heavy atom. The van der Waals surface area contributed by atoms with Crippen molar-refractivity contribution in [1.82, 2.24) is 0 Å². The summed E-state index contributed by atoms with van der Waals surface area (Å²) in [7, 11) is 0. The Labute approximate surface area is 151 Å². The van der Waals surface area contributed by atoms with Gasteiger partial charge in [0.05, 0.1) is 18.8 Å². The molecule has 4 atom stereocenters. The Morgan fingerprint density at radius 1 is 1.16 bits per heavy atom. The third-order valence-corrected chi connectivity index (χ3v) is 8.55. The summed E-state index contributed by atoms with van der Waals surface area (Å²) in [5, 5.41) is 11.2. The van der Waals surface area contributed by atoms with E-state index in [1.54, 1.807) is 16.7 Å². The van der Waals surface area contributed by atoms with Crippen molar-refractivity contribution in [3.63, 3.8) is 0 Å². The first kappa shape index (κ1) is 16.5. The van der Waals surface area contributed by atoms with Gasteiger partial charge in [-0.2, -0.15) is 0 Å². The van der Waals surface area contributed by atoms with Crippen molar-refractivity contribution in [3.05, 3.63) is 22.8 Å². The SMILES string of the molecule is CC[C@@]1(O)CC[C@H]2[C@@H]3CCC4=C(CCC5(C4)OCCO5)C3=CC[C@@]21C. The number of hydrogen-bond donors (Lipinski definition) is 1. The van der Waals surface area contributed by atoms with Crippen molar-refractivity contribution < 1.29 is 14.6 Å². The molecule has 1 aliphatic heterocycles. The first-order valence-corrected chi connectivity index (χ1v) is 10.4. The van der Waals surface area contributed by atoms with E-state index < -0.39 is 5.60 Å². The van der Waals surface area contributed by atoms with Gasteiger partial charge < -0.3 is 14.6 Å². The van der Waals surface area contributed by atoms with E-state index in [2.05, 4.69) is 19.9 Å². The lowest BCUT2D eigenvalue weighted by molar-refractivity contribution is -0.164. The highest BCUT2D eigenvalue weighted by Crippen LogP contribution is 2.63.